The number of aromatic nitrogens is 4. The second kappa shape index (κ2) is 8.42. The lowest BCUT2D eigenvalue weighted by Gasteiger charge is -2.19. The summed E-state index contributed by atoms with van der Waals surface area (Å²) in [4.78, 5) is 36.2. The van der Waals surface area contributed by atoms with E-state index < -0.39 is 17.8 Å². The van der Waals surface area contributed by atoms with E-state index in [9.17, 15) is 14.4 Å². The molecule has 0 bridgehead atoms. The van der Waals surface area contributed by atoms with Gasteiger partial charge in [0.15, 0.2) is 0 Å². The van der Waals surface area contributed by atoms with E-state index in [1.807, 2.05) is 20.8 Å². The maximum atomic E-state index is 12.3. The molecule has 2 rings (SSSR count). The molecule has 12 heteroatoms. The first-order valence-corrected chi connectivity index (χ1v) is 9.36. The van der Waals surface area contributed by atoms with Gasteiger partial charge in [0.2, 0.25) is 16.9 Å². The van der Waals surface area contributed by atoms with Crippen LogP contribution in [-0.2, 0) is 15.1 Å². The Labute approximate surface area is 165 Å². The van der Waals surface area contributed by atoms with Crippen LogP contribution < -0.4 is 11.1 Å². The summed E-state index contributed by atoms with van der Waals surface area (Å²) in [6.07, 6.45) is 0. The molecule has 0 saturated carbocycles. The molecule has 0 fully saturated rings. The number of aryl methyl sites for hydroxylation is 1. The molecule has 152 valence electrons. The lowest BCUT2D eigenvalue weighted by atomic mass is 10.1. The summed E-state index contributed by atoms with van der Waals surface area (Å²) >= 11 is 1.11. The van der Waals surface area contributed by atoms with Crippen molar-refractivity contribution in [3.05, 3.63) is 16.9 Å². The van der Waals surface area contributed by atoms with Crippen LogP contribution in [0.3, 0.4) is 0 Å². The second-order valence-electron chi connectivity index (χ2n) is 6.70. The smallest absolute Gasteiger partial charge is 0.342 e. The van der Waals surface area contributed by atoms with Gasteiger partial charge in [0.05, 0.1) is 17.9 Å². The van der Waals surface area contributed by atoms with Crippen LogP contribution >= 0.6 is 11.8 Å². The Morgan fingerprint density at radius 3 is 2.54 bits per heavy atom. The number of amides is 2. The molecule has 0 aromatic carbocycles. The van der Waals surface area contributed by atoms with Gasteiger partial charge in [-0.1, -0.05) is 11.8 Å². The monoisotopic (exact) mass is 410 g/mol. The molecule has 11 nitrogen and oxygen atoms in total. The van der Waals surface area contributed by atoms with E-state index in [1.165, 1.54) is 6.92 Å². The Kier molecular flexibility index (Phi) is 6.44. The first kappa shape index (κ1) is 21.4. The number of nitrogens with zero attached hydrogens (tertiary/aromatic N) is 4. The quantitative estimate of drug-likeness (QED) is 0.508. The number of carbonyl (C=O) groups is 3. The Morgan fingerprint density at radius 2 is 1.96 bits per heavy atom. The Balaban J connectivity index is 2.16. The van der Waals surface area contributed by atoms with Crippen LogP contribution in [0, 0.1) is 6.92 Å². The van der Waals surface area contributed by atoms with Crippen LogP contribution in [0.25, 0.3) is 0 Å². The third-order valence-electron chi connectivity index (χ3n) is 3.47. The molecule has 0 aliphatic heterocycles. The minimum Gasteiger partial charge on any atom is -0.462 e. The average molecular weight is 410 g/mol. The Hall–Kier alpha value is -2.89. The largest absolute Gasteiger partial charge is 0.462 e. The molecule has 28 heavy (non-hydrogen) atoms. The highest BCUT2D eigenvalue weighted by Crippen LogP contribution is 2.28. The zero-order valence-corrected chi connectivity index (χ0v) is 17.0. The number of ether oxygens (including phenoxy) is 1. The van der Waals surface area contributed by atoms with Crippen molar-refractivity contribution >= 4 is 35.4 Å². The highest BCUT2D eigenvalue weighted by molar-refractivity contribution is 7.99. The van der Waals surface area contributed by atoms with Crippen LogP contribution in [0.1, 0.15) is 54.2 Å². The van der Waals surface area contributed by atoms with E-state index in [0.29, 0.717) is 5.16 Å². The van der Waals surface area contributed by atoms with Crippen LogP contribution in [0.5, 0.6) is 0 Å². The number of tetrazole rings is 1. The van der Waals surface area contributed by atoms with E-state index in [-0.39, 0.29) is 40.7 Å². The molecule has 2 heterocycles. The predicted octanol–water partition coefficient (Wildman–Crippen LogP) is 1.34. The van der Waals surface area contributed by atoms with Gasteiger partial charge in [0, 0.05) is 0 Å². The minimum atomic E-state index is -0.917. The van der Waals surface area contributed by atoms with Gasteiger partial charge in [0.25, 0.3) is 5.91 Å². The number of hydrogen-bond donors (Lipinski definition) is 2. The highest BCUT2D eigenvalue weighted by Gasteiger charge is 2.29. The normalized spacial score (nSPS) is 11.3. The predicted molar refractivity (Wildman–Crippen MR) is 100 cm³/mol. The third-order valence-corrected chi connectivity index (χ3v) is 4.39. The minimum absolute atomic E-state index is 0.0524. The van der Waals surface area contributed by atoms with Crippen LogP contribution in [0.2, 0.25) is 0 Å². The van der Waals surface area contributed by atoms with E-state index in [1.54, 1.807) is 11.6 Å². The molecule has 0 atom stereocenters. The maximum Gasteiger partial charge on any atom is 0.342 e. The molecule has 2 amide bonds. The molecule has 0 unspecified atom stereocenters. The first-order valence-electron chi connectivity index (χ1n) is 8.38. The summed E-state index contributed by atoms with van der Waals surface area (Å²) < 4.78 is 11.9. The van der Waals surface area contributed by atoms with Gasteiger partial charge in [-0.3, -0.25) is 14.9 Å². The summed E-state index contributed by atoms with van der Waals surface area (Å²) in [5.41, 5.74) is 4.68. The lowest BCUT2D eigenvalue weighted by molar-refractivity contribution is -0.113. The Morgan fingerprint density at radius 1 is 1.29 bits per heavy atom. The maximum absolute atomic E-state index is 12.3. The van der Waals surface area contributed by atoms with Gasteiger partial charge in [0.1, 0.15) is 16.9 Å². The number of primary amides is 1. The number of nitrogens with one attached hydrogen (secondary N) is 1. The van der Waals surface area contributed by atoms with Crippen LogP contribution in [0.15, 0.2) is 9.57 Å². The van der Waals surface area contributed by atoms with Crippen LogP contribution in [-0.4, -0.2) is 50.4 Å². The van der Waals surface area contributed by atoms with Gasteiger partial charge >= 0.3 is 5.97 Å². The van der Waals surface area contributed by atoms with Crippen molar-refractivity contribution in [2.75, 3.05) is 17.7 Å². The Bertz CT molecular complexity index is 898. The molecular formula is C16H22N6O5S. The summed E-state index contributed by atoms with van der Waals surface area (Å²) in [5, 5.41) is 14.3. The van der Waals surface area contributed by atoms with Crippen molar-refractivity contribution in [1.29, 1.82) is 0 Å². The zero-order valence-electron chi connectivity index (χ0n) is 16.2. The third kappa shape index (κ3) is 4.68. The number of carbonyl (C=O) groups excluding carboxylic acids is 3. The van der Waals surface area contributed by atoms with Crippen LogP contribution in [0.4, 0.5) is 5.88 Å². The second-order valence-corrected chi connectivity index (χ2v) is 7.65. The average Bonchev–Trinajstić information content (AvgIpc) is 3.17. The summed E-state index contributed by atoms with van der Waals surface area (Å²) in [6, 6.07) is 0. The highest BCUT2D eigenvalue weighted by atomic mass is 32.2. The number of rotatable bonds is 7. The molecule has 3 N–H and O–H groups in total. The van der Waals surface area contributed by atoms with E-state index in [2.05, 4.69) is 20.8 Å². The van der Waals surface area contributed by atoms with Crippen molar-refractivity contribution in [3.8, 4) is 0 Å². The molecular weight excluding hydrogens is 388 g/mol. The fraction of sp³-hybridized carbons (Fsp3) is 0.500. The fourth-order valence-corrected chi connectivity index (χ4v) is 3.16. The van der Waals surface area contributed by atoms with Gasteiger partial charge in [-0.25, -0.2) is 9.48 Å². The van der Waals surface area contributed by atoms with Crippen molar-refractivity contribution in [2.24, 2.45) is 5.73 Å². The number of anilines is 1. The van der Waals surface area contributed by atoms with Crippen molar-refractivity contribution in [3.63, 3.8) is 0 Å². The molecule has 0 aliphatic rings. The van der Waals surface area contributed by atoms with Gasteiger partial charge in [-0.05, 0) is 45.0 Å². The SMILES string of the molecule is CCOC(=O)c1c(C)oc(NC(=O)CSc2nnnn2C(C)(C)C)c1C(N)=O. The van der Waals surface area contributed by atoms with Gasteiger partial charge in [-0.2, -0.15) is 0 Å². The fourth-order valence-electron chi connectivity index (χ4n) is 2.30. The number of hydrogen-bond acceptors (Lipinski definition) is 9. The standard InChI is InChI=1S/C16H22N6O5S/c1-6-26-14(25)10-8(2)27-13(11(10)12(17)24)18-9(23)7-28-15-19-20-21-22(15)16(3,4)5/h6-7H2,1-5H3,(H2,17,24)(H,18,23). The lowest BCUT2D eigenvalue weighted by Crippen LogP contribution is -2.25. The summed E-state index contributed by atoms with van der Waals surface area (Å²) in [6.45, 7) is 8.99. The van der Waals surface area contributed by atoms with Crippen molar-refractivity contribution in [1.82, 2.24) is 20.2 Å². The first-order chi connectivity index (χ1) is 13.1. The number of nitrogens with two attached hydrogens (primary N) is 1. The van der Waals surface area contributed by atoms with E-state index in [4.69, 9.17) is 14.9 Å². The summed E-state index contributed by atoms with van der Waals surface area (Å²) in [7, 11) is 0. The molecule has 0 radical (unpaired) electrons. The molecule has 2 aromatic heterocycles. The van der Waals surface area contributed by atoms with Crippen molar-refractivity contribution < 1.29 is 23.5 Å². The van der Waals surface area contributed by atoms with E-state index in [0.717, 1.165) is 11.8 Å². The number of furan rings is 1. The molecule has 0 saturated heterocycles. The van der Waals surface area contributed by atoms with Gasteiger partial charge < -0.3 is 14.9 Å². The van der Waals surface area contributed by atoms with Gasteiger partial charge in [-0.15, -0.1) is 5.10 Å². The zero-order chi connectivity index (χ0) is 21.1. The topological polar surface area (TPSA) is 155 Å². The number of esters is 1. The molecule has 2 aromatic rings. The van der Waals surface area contributed by atoms with E-state index >= 15 is 0 Å². The summed E-state index contributed by atoms with van der Waals surface area (Å²) in [5.74, 6) is -2.29. The molecule has 0 aliphatic carbocycles. The number of thioether (sulfide) groups is 1. The molecule has 0 spiro atoms. The van der Waals surface area contributed by atoms with Crippen molar-refractivity contribution in [2.45, 2.75) is 45.3 Å².